The molecule has 16 heavy (non-hydrogen) atoms. The van der Waals surface area contributed by atoms with Crippen LogP contribution in [0.15, 0.2) is 35.9 Å². The summed E-state index contributed by atoms with van der Waals surface area (Å²) in [6.07, 6.45) is 4.04. The summed E-state index contributed by atoms with van der Waals surface area (Å²) in [5.74, 6) is 0.0253. The standard InChI is InChI=1S/C14H19NO/c1-3-4-10-15-14(16)12(2)11-13-8-6-5-7-9-13/h5-9,11H,3-4,10H2,1-2H3,(H,15,16). The number of hydrogen-bond acceptors (Lipinski definition) is 1. The molecule has 0 atom stereocenters. The topological polar surface area (TPSA) is 29.1 Å². The van der Waals surface area contributed by atoms with Gasteiger partial charge in [0.15, 0.2) is 0 Å². The van der Waals surface area contributed by atoms with Crippen LogP contribution in [0.3, 0.4) is 0 Å². The van der Waals surface area contributed by atoms with Crippen LogP contribution < -0.4 is 5.32 Å². The Hall–Kier alpha value is -1.57. The zero-order valence-corrected chi connectivity index (χ0v) is 9.99. The Balaban J connectivity index is 2.53. The molecule has 1 aromatic carbocycles. The Bertz CT molecular complexity index is 354. The molecular weight excluding hydrogens is 198 g/mol. The van der Waals surface area contributed by atoms with Gasteiger partial charge < -0.3 is 5.32 Å². The predicted octanol–water partition coefficient (Wildman–Crippen LogP) is 3.01. The predicted molar refractivity (Wildman–Crippen MR) is 68.0 cm³/mol. The van der Waals surface area contributed by atoms with Gasteiger partial charge in [-0.2, -0.15) is 0 Å². The summed E-state index contributed by atoms with van der Waals surface area (Å²) >= 11 is 0. The molecule has 2 nitrogen and oxygen atoms in total. The number of unbranched alkanes of at least 4 members (excludes halogenated alkanes) is 1. The van der Waals surface area contributed by atoms with Crippen LogP contribution in [0, 0.1) is 0 Å². The average Bonchev–Trinajstić information content (AvgIpc) is 2.30. The van der Waals surface area contributed by atoms with Crippen molar-refractivity contribution in [2.45, 2.75) is 26.7 Å². The molecule has 0 saturated heterocycles. The van der Waals surface area contributed by atoms with Crippen molar-refractivity contribution in [1.82, 2.24) is 5.32 Å². The van der Waals surface area contributed by atoms with Gasteiger partial charge in [0.05, 0.1) is 0 Å². The van der Waals surface area contributed by atoms with E-state index in [0.29, 0.717) is 0 Å². The van der Waals surface area contributed by atoms with Gasteiger partial charge in [-0.1, -0.05) is 43.7 Å². The Morgan fingerprint density at radius 2 is 2.00 bits per heavy atom. The summed E-state index contributed by atoms with van der Waals surface area (Å²) in [6, 6.07) is 9.88. The van der Waals surface area contributed by atoms with Crippen LogP contribution >= 0.6 is 0 Å². The summed E-state index contributed by atoms with van der Waals surface area (Å²) in [5, 5.41) is 2.90. The third-order valence-corrected chi connectivity index (χ3v) is 2.36. The van der Waals surface area contributed by atoms with Crippen LogP contribution in [0.25, 0.3) is 6.08 Å². The van der Waals surface area contributed by atoms with E-state index in [2.05, 4.69) is 12.2 Å². The van der Waals surface area contributed by atoms with E-state index in [1.54, 1.807) is 0 Å². The molecule has 2 heteroatoms. The second-order valence-electron chi connectivity index (χ2n) is 3.85. The molecule has 86 valence electrons. The van der Waals surface area contributed by atoms with Crippen molar-refractivity contribution < 1.29 is 4.79 Å². The van der Waals surface area contributed by atoms with Gasteiger partial charge >= 0.3 is 0 Å². The van der Waals surface area contributed by atoms with Gasteiger partial charge in [0, 0.05) is 12.1 Å². The minimum atomic E-state index is 0.0253. The minimum Gasteiger partial charge on any atom is -0.352 e. The van der Waals surface area contributed by atoms with Gasteiger partial charge in [0.25, 0.3) is 0 Å². The zero-order chi connectivity index (χ0) is 11.8. The average molecular weight is 217 g/mol. The van der Waals surface area contributed by atoms with Crippen LogP contribution in [0.1, 0.15) is 32.3 Å². The number of amides is 1. The minimum absolute atomic E-state index is 0.0253. The van der Waals surface area contributed by atoms with Gasteiger partial charge in [-0.3, -0.25) is 4.79 Å². The van der Waals surface area contributed by atoms with Crippen molar-refractivity contribution in [2.24, 2.45) is 0 Å². The first-order valence-corrected chi connectivity index (χ1v) is 5.75. The molecule has 0 aliphatic heterocycles. The molecule has 0 aliphatic carbocycles. The van der Waals surface area contributed by atoms with E-state index in [1.165, 1.54) is 0 Å². The first kappa shape index (κ1) is 12.5. The number of rotatable bonds is 5. The van der Waals surface area contributed by atoms with Crippen molar-refractivity contribution in [3.8, 4) is 0 Å². The Morgan fingerprint density at radius 1 is 1.31 bits per heavy atom. The molecule has 1 aromatic rings. The molecule has 0 saturated carbocycles. The quantitative estimate of drug-likeness (QED) is 0.596. The number of carbonyl (C=O) groups is 1. The molecule has 0 aliphatic rings. The van der Waals surface area contributed by atoms with Crippen LogP contribution in [-0.2, 0) is 4.79 Å². The largest absolute Gasteiger partial charge is 0.352 e. The van der Waals surface area contributed by atoms with Crippen LogP contribution in [0.2, 0.25) is 0 Å². The Labute approximate surface area is 97.4 Å². The van der Waals surface area contributed by atoms with Crippen molar-refractivity contribution in [3.63, 3.8) is 0 Å². The maximum absolute atomic E-state index is 11.6. The fraction of sp³-hybridized carbons (Fsp3) is 0.357. The number of hydrogen-bond donors (Lipinski definition) is 1. The molecular formula is C14H19NO. The lowest BCUT2D eigenvalue weighted by Gasteiger charge is -2.04. The van der Waals surface area contributed by atoms with E-state index in [4.69, 9.17) is 0 Å². The summed E-state index contributed by atoms with van der Waals surface area (Å²) in [7, 11) is 0. The molecule has 0 bridgehead atoms. The first-order chi connectivity index (χ1) is 7.74. The highest BCUT2D eigenvalue weighted by molar-refractivity contribution is 5.97. The lowest BCUT2D eigenvalue weighted by molar-refractivity contribution is -0.117. The summed E-state index contributed by atoms with van der Waals surface area (Å²) < 4.78 is 0. The second kappa shape index (κ2) is 6.83. The van der Waals surface area contributed by atoms with Crippen molar-refractivity contribution >= 4 is 12.0 Å². The number of nitrogens with one attached hydrogen (secondary N) is 1. The summed E-state index contributed by atoms with van der Waals surface area (Å²) in [6.45, 7) is 4.71. The monoisotopic (exact) mass is 217 g/mol. The van der Waals surface area contributed by atoms with E-state index < -0.39 is 0 Å². The summed E-state index contributed by atoms with van der Waals surface area (Å²) in [4.78, 5) is 11.6. The molecule has 0 radical (unpaired) electrons. The maximum atomic E-state index is 11.6. The van der Waals surface area contributed by atoms with Crippen molar-refractivity contribution in [3.05, 3.63) is 41.5 Å². The first-order valence-electron chi connectivity index (χ1n) is 5.75. The highest BCUT2D eigenvalue weighted by atomic mass is 16.1. The smallest absolute Gasteiger partial charge is 0.246 e. The molecule has 0 fully saturated rings. The molecule has 1 N–H and O–H groups in total. The number of benzene rings is 1. The van der Waals surface area contributed by atoms with Gasteiger partial charge in [-0.25, -0.2) is 0 Å². The van der Waals surface area contributed by atoms with E-state index in [9.17, 15) is 4.79 Å². The van der Waals surface area contributed by atoms with Crippen LogP contribution in [0.5, 0.6) is 0 Å². The molecule has 0 spiro atoms. The molecule has 1 rings (SSSR count). The van der Waals surface area contributed by atoms with E-state index in [0.717, 1.165) is 30.5 Å². The molecule has 1 amide bonds. The highest BCUT2D eigenvalue weighted by Gasteiger charge is 2.02. The van der Waals surface area contributed by atoms with Crippen molar-refractivity contribution in [1.29, 1.82) is 0 Å². The Kier molecular flexibility index (Phi) is 5.34. The molecule has 0 aromatic heterocycles. The lowest BCUT2D eigenvalue weighted by atomic mass is 10.1. The fourth-order valence-electron chi connectivity index (χ4n) is 1.38. The van der Waals surface area contributed by atoms with E-state index >= 15 is 0 Å². The fourth-order valence-corrected chi connectivity index (χ4v) is 1.38. The third-order valence-electron chi connectivity index (χ3n) is 2.36. The third kappa shape index (κ3) is 4.30. The maximum Gasteiger partial charge on any atom is 0.246 e. The molecule has 0 unspecified atom stereocenters. The van der Waals surface area contributed by atoms with Gasteiger partial charge in [0.1, 0.15) is 0 Å². The normalized spacial score (nSPS) is 11.2. The lowest BCUT2D eigenvalue weighted by Crippen LogP contribution is -2.24. The SMILES string of the molecule is CCCCNC(=O)C(C)=Cc1ccccc1. The second-order valence-corrected chi connectivity index (χ2v) is 3.85. The molecule has 0 heterocycles. The zero-order valence-electron chi connectivity index (χ0n) is 9.99. The Morgan fingerprint density at radius 3 is 2.62 bits per heavy atom. The van der Waals surface area contributed by atoms with Gasteiger partial charge in [0.2, 0.25) is 5.91 Å². The van der Waals surface area contributed by atoms with Crippen LogP contribution in [0.4, 0.5) is 0 Å². The summed E-state index contributed by atoms with van der Waals surface area (Å²) in [5.41, 5.74) is 1.81. The number of carbonyl (C=O) groups excluding carboxylic acids is 1. The van der Waals surface area contributed by atoms with Crippen LogP contribution in [-0.4, -0.2) is 12.5 Å². The van der Waals surface area contributed by atoms with Gasteiger partial charge in [-0.15, -0.1) is 0 Å². The highest BCUT2D eigenvalue weighted by Crippen LogP contribution is 2.05. The van der Waals surface area contributed by atoms with Gasteiger partial charge in [-0.05, 0) is 25.0 Å². The van der Waals surface area contributed by atoms with Crippen molar-refractivity contribution in [2.75, 3.05) is 6.54 Å². The van der Waals surface area contributed by atoms with E-state index in [1.807, 2.05) is 43.3 Å². The van der Waals surface area contributed by atoms with E-state index in [-0.39, 0.29) is 5.91 Å².